The van der Waals surface area contributed by atoms with E-state index in [4.69, 9.17) is 11.6 Å². The second-order valence-corrected chi connectivity index (χ2v) is 1.77. The Labute approximate surface area is 60.1 Å². The molecule has 0 spiro atoms. The van der Waals surface area contributed by atoms with Gasteiger partial charge in [-0.25, -0.2) is 4.79 Å². The van der Waals surface area contributed by atoms with E-state index < -0.39 is 5.97 Å². The quantitative estimate of drug-likeness (QED) is 0.447. The molecule has 0 aliphatic carbocycles. The first-order chi connectivity index (χ1) is 4.31. The van der Waals surface area contributed by atoms with Gasteiger partial charge < -0.3 is 4.74 Å². The molecule has 0 atom stereocenters. The predicted octanol–water partition coefficient (Wildman–Crippen LogP) is 1.61. The summed E-state index contributed by atoms with van der Waals surface area (Å²) in [7, 11) is 0. The highest BCUT2D eigenvalue weighted by Gasteiger charge is 1.98. The molecule has 0 aliphatic heterocycles. The number of hydrogen-bond donors (Lipinski definition) is 0. The molecule has 0 aromatic rings. The van der Waals surface area contributed by atoms with Gasteiger partial charge >= 0.3 is 5.97 Å². The number of carbonyl (C=O) groups is 1. The Morgan fingerprint density at radius 2 is 2.44 bits per heavy atom. The van der Waals surface area contributed by atoms with Crippen molar-refractivity contribution >= 4 is 17.6 Å². The third kappa shape index (κ3) is 5.63. The third-order valence-electron chi connectivity index (χ3n) is 0.808. The van der Waals surface area contributed by atoms with Gasteiger partial charge in [-0.1, -0.05) is 13.3 Å². The van der Waals surface area contributed by atoms with Crippen LogP contribution in [0.4, 0.5) is 0 Å². The molecule has 0 bridgehead atoms. The van der Waals surface area contributed by atoms with Crippen LogP contribution in [0.1, 0.15) is 19.8 Å². The van der Waals surface area contributed by atoms with Crippen molar-refractivity contribution in [3.8, 4) is 0 Å². The number of halogens is 1. The minimum Gasteiger partial charge on any atom is -0.464 e. The number of hydrogen-bond acceptors (Lipinski definition) is 2. The summed E-state index contributed by atoms with van der Waals surface area (Å²) in [6.45, 7) is 2.46. The molecule has 0 rings (SSSR count). The van der Waals surface area contributed by atoms with Crippen LogP contribution >= 0.6 is 11.6 Å². The summed E-state index contributed by atoms with van der Waals surface area (Å²) in [5.74, 6) is 1.26. The van der Waals surface area contributed by atoms with Crippen LogP contribution in [0.3, 0.4) is 0 Å². The molecule has 0 fully saturated rings. The molecule has 0 aliphatic rings. The lowest BCUT2D eigenvalue weighted by molar-refractivity contribution is -0.138. The monoisotopic (exact) mass is 148 g/mol. The number of rotatable bonds is 4. The van der Waals surface area contributed by atoms with E-state index in [9.17, 15) is 4.79 Å². The van der Waals surface area contributed by atoms with Crippen LogP contribution in [0.5, 0.6) is 0 Å². The van der Waals surface area contributed by atoms with Gasteiger partial charge in [-0.15, -0.1) is 11.6 Å². The molecule has 0 aromatic carbocycles. The molecule has 0 unspecified atom stereocenters. The van der Waals surface area contributed by atoms with E-state index in [0.29, 0.717) is 6.61 Å². The zero-order valence-electron chi connectivity index (χ0n) is 5.32. The predicted molar refractivity (Wildman–Crippen MR) is 35.0 cm³/mol. The standard InChI is InChI=1S/C6H9ClO2/c1-2-3-4-9-6(8)5-7/h2-4H2,1H3. The SMILES string of the molecule is CCCCOC(=O)[C]Cl. The van der Waals surface area contributed by atoms with Gasteiger partial charge in [-0.05, 0) is 6.42 Å². The number of carbonyl (C=O) groups excluding carboxylic acids is 1. The molecule has 3 heteroatoms. The Bertz CT molecular complexity index is 83.1. The Kier molecular flexibility index (Phi) is 5.73. The van der Waals surface area contributed by atoms with E-state index in [1.54, 1.807) is 0 Å². The second kappa shape index (κ2) is 5.89. The normalized spacial score (nSPS) is 9.11. The van der Waals surface area contributed by atoms with Crippen LogP contribution in [0.15, 0.2) is 0 Å². The Balaban J connectivity index is 2.97. The van der Waals surface area contributed by atoms with Gasteiger partial charge in [0, 0.05) is 0 Å². The fourth-order valence-electron chi connectivity index (χ4n) is 0.336. The highest BCUT2D eigenvalue weighted by Crippen LogP contribution is 1.92. The maximum Gasteiger partial charge on any atom is 0.332 e. The molecule has 0 aromatic heterocycles. The molecule has 52 valence electrons. The van der Waals surface area contributed by atoms with Crippen LogP contribution in [0.2, 0.25) is 0 Å². The van der Waals surface area contributed by atoms with E-state index >= 15 is 0 Å². The Hall–Kier alpha value is -0.240. The molecule has 2 radical (unpaired) electrons. The van der Waals surface area contributed by atoms with Crippen molar-refractivity contribution in [1.82, 2.24) is 0 Å². The van der Waals surface area contributed by atoms with Crippen LogP contribution < -0.4 is 0 Å². The summed E-state index contributed by atoms with van der Waals surface area (Å²) in [5.41, 5.74) is 0. The van der Waals surface area contributed by atoms with Crippen LogP contribution in [0.25, 0.3) is 0 Å². The lowest BCUT2D eigenvalue weighted by Gasteiger charge is -1.97. The van der Waals surface area contributed by atoms with E-state index in [1.807, 2.05) is 12.8 Å². The molecule has 0 amide bonds. The average molecular weight is 149 g/mol. The molecule has 9 heavy (non-hydrogen) atoms. The Morgan fingerprint density at radius 3 is 2.89 bits per heavy atom. The molecular weight excluding hydrogens is 140 g/mol. The average Bonchev–Trinajstić information content (AvgIpc) is 1.89. The number of esters is 1. The van der Waals surface area contributed by atoms with Crippen molar-refractivity contribution < 1.29 is 9.53 Å². The van der Waals surface area contributed by atoms with Crippen LogP contribution in [0, 0.1) is 5.88 Å². The second-order valence-electron chi connectivity index (χ2n) is 1.58. The van der Waals surface area contributed by atoms with Gasteiger partial charge in [0.15, 0.2) is 0 Å². The van der Waals surface area contributed by atoms with Crippen molar-refractivity contribution in [2.75, 3.05) is 6.61 Å². The van der Waals surface area contributed by atoms with Crippen LogP contribution in [-0.2, 0) is 9.53 Å². The molecule has 0 heterocycles. The van der Waals surface area contributed by atoms with Crippen LogP contribution in [-0.4, -0.2) is 12.6 Å². The smallest absolute Gasteiger partial charge is 0.332 e. The van der Waals surface area contributed by atoms with Gasteiger partial charge in [0.2, 0.25) is 5.88 Å². The highest BCUT2D eigenvalue weighted by molar-refractivity contribution is 6.33. The van der Waals surface area contributed by atoms with E-state index in [0.717, 1.165) is 12.8 Å². The first kappa shape index (κ1) is 8.76. The van der Waals surface area contributed by atoms with Gasteiger partial charge in [0.25, 0.3) is 0 Å². The molecule has 0 N–H and O–H groups in total. The fraction of sp³-hybridized carbons (Fsp3) is 0.667. The minimum atomic E-state index is -0.579. The summed E-state index contributed by atoms with van der Waals surface area (Å²) >= 11 is 4.91. The zero-order valence-corrected chi connectivity index (χ0v) is 6.07. The maximum atomic E-state index is 10.2. The first-order valence-electron chi connectivity index (χ1n) is 2.84. The fourth-order valence-corrected chi connectivity index (χ4v) is 0.391. The lowest BCUT2D eigenvalue weighted by Crippen LogP contribution is -2.02. The summed E-state index contributed by atoms with van der Waals surface area (Å²) in [6.07, 6.45) is 1.89. The largest absolute Gasteiger partial charge is 0.464 e. The van der Waals surface area contributed by atoms with Gasteiger partial charge in [0.1, 0.15) is 0 Å². The maximum absolute atomic E-state index is 10.2. The van der Waals surface area contributed by atoms with Crippen molar-refractivity contribution in [3.63, 3.8) is 0 Å². The molecule has 0 saturated carbocycles. The van der Waals surface area contributed by atoms with Crippen molar-refractivity contribution in [2.45, 2.75) is 19.8 Å². The number of unbranched alkanes of at least 4 members (excludes halogenated alkanes) is 1. The topological polar surface area (TPSA) is 26.3 Å². The summed E-state index contributed by atoms with van der Waals surface area (Å²) in [5, 5.41) is 0. The molecule has 0 saturated heterocycles. The summed E-state index contributed by atoms with van der Waals surface area (Å²) < 4.78 is 4.55. The van der Waals surface area contributed by atoms with Crippen molar-refractivity contribution in [3.05, 3.63) is 5.88 Å². The van der Waals surface area contributed by atoms with Crippen molar-refractivity contribution in [2.24, 2.45) is 0 Å². The lowest BCUT2D eigenvalue weighted by atomic mass is 10.4. The van der Waals surface area contributed by atoms with Gasteiger partial charge in [0.05, 0.1) is 6.61 Å². The molecule has 2 nitrogen and oxygen atoms in total. The summed E-state index contributed by atoms with van der Waals surface area (Å²) in [6, 6.07) is 0. The zero-order chi connectivity index (χ0) is 7.11. The van der Waals surface area contributed by atoms with Gasteiger partial charge in [-0.3, -0.25) is 0 Å². The van der Waals surface area contributed by atoms with Crippen molar-refractivity contribution in [1.29, 1.82) is 0 Å². The van der Waals surface area contributed by atoms with Gasteiger partial charge in [-0.2, -0.15) is 0 Å². The van der Waals surface area contributed by atoms with E-state index in [-0.39, 0.29) is 0 Å². The third-order valence-corrected chi connectivity index (χ3v) is 0.963. The summed E-state index contributed by atoms with van der Waals surface area (Å²) in [4.78, 5) is 10.2. The number of ether oxygens (including phenoxy) is 1. The highest BCUT2D eigenvalue weighted by atomic mass is 35.5. The van der Waals surface area contributed by atoms with E-state index in [2.05, 4.69) is 4.74 Å². The van der Waals surface area contributed by atoms with E-state index in [1.165, 1.54) is 0 Å². The minimum absolute atomic E-state index is 0.440. The Morgan fingerprint density at radius 1 is 1.78 bits per heavy atom. The molecular formula is C6H9ClO2. The first-order valence-corrected chi connectivity index (χ1v) is 3.22.